The summed E-state index contributed by atoms with van der Waals surface area (Å²) in [5, 5.41) is 0. The SMILES string of the molecule is O=S(=O)=NC1CCc2ccccc21. The van der Waals surface area contributed by atoms with Gasteiger partial charge in [-0.05, 0) is 24.0 Å². The highest BCUT2D eigenvalue weighted by Crippen LogP contribution is 2.33. The molecule has 0 bridgehead atoms. The highest BCUT2D eigenvalue weighted by atomic mass is 32.2. The molecule has 0 spiro atoms. The van der Waals surface area contributed by atoms with E-state index in [1.165, 1.54) is 5.56 Å². The Bertz CT molecular complexity index is 442. The van der Waals surface area contributed by atoms with Crippen molar-refractivity contribution in [1.29, 1.82) is 0 Å². The Kier molecular flexibility index (Phi) is 2.14. The third-order valence-electron chi connectivity index (χ3n) is 2.31. The van der Waals surface area contributed by atoms with E-state index >= 15 is 0 Å². The molecule has 4 heteroatoms. The molecule has 0 heterocycles. The summed E-state index contributed by atoms with van der Waals surface area (Å²) in [5.41, 5.74) is 2.29. The number of benzene rings is 1. The van der Waals surface area contributed by atoms with Crippen LogP contribution in [0, 0.1) is 0 Å². The van der Waals surface area contributed by atoms with E-state index in [2.05, 4.69) is 4.36 Å². The molecule has 1 aliphatic carbocycles. The second kappa shape index (κ2) is 3.30. The second-order valence-corrected chi connectivity index (χ2v) is 3.72. The molecule has 0 amide bonds. The molecule has 68 valence electrons. The lowest BCUT2D eigenvalue weighted by molar-refractivity contribution is 0.611. The fraction of sp³-hybridized carbons (Fsp3) is 0.333. The quantitative estimate of drug-likeness (QED) is 0.685. The second-order valence-electron chi connectivity index (χ2n) is 3.08. The summed E-state index contributed by atoms with van der Waals surface area (Å²) in [6.45, 7) is 0. The van der Waals surface area contributed by atoms with Crippen LogP contribution in [0.5, 0.6) is 0 Å². The van der Waals surface area contributed by atoms with Crippen LogP contribution in [-0.4, -0.2) is 8.42 Å². The molecule has 13 heavy (non-hydrogen) atoms. The lowest BCUT2D eigenvalue weighted by Crippen LogP contribution is -1.87. The van der Waals surface area contributed by atoms with Gasteiger partial charge in [-0.15, -0.1) is 0 Å². The number of hydrogen-bond acceptors (Lipinski definition) is 3. The molecule has 0 saturated heterocycles. The summed E-state index contributed by atoms with van der Waals surface area (Å²) in [4.78, 5) is 0. The Balaban J connectivity index is 2.44. The Morgan fingerprint density at radius 2 is 2.08 bits per heavy atom. The number of rotatable bonds is 1. The average Bonchev–Trinajstić information content (AvgIpc) is 2.48. The summed E-state index contributed by atoms with van der Waals surface area (Å²) in [6.07, 6.45) is 1.74. The van der Waals surface area contributed by atoms with Crippen LogP contribution >= 0.6 is 0 Å². The zero-order valence-corrected chi connectivity index (χ0v) is 7.79. The highest BCUT2D eigenvalue weighted by Gasteiger charge is 2.21. The molecular formula is C9H9NO2S. The maximum Gasteiger partial charge on any atom is 0.311 e. The number of nitrogens with zero attached hydrogens (tertiary/aromatic N) is 1. The molecule has 0 fully saturated rings. The van der Waals surface area contributed by atoms with Crippen LogP contribution in [0.2, 0.25) is 0 Å². The van der Waals surface area contributed by atoms with Crippen molar-refractivity contribution < 1.29 is 8.42 Å². The molecule has 3 nitrogen and oxygen atoms in total. The largest absolute Gasteiger partial charge is 0.311 e. The summed E-state index contributed by atoms with van der Waals surface area (Å²) in [6, 6.07) is 7.71. The van der Waals surface area contributed by atoms with Gasteiger partial charge in [0.05, 0.1) is 6.04 Å². The fourth-order valence-corrected chi connectivity index (χ4v) is 2.17. The van der Waals surface area contributed by atoms with E-state index in [-0.39, 0.29) is 6.04 Å². The van der Waals surface area contributed by atoms with Crippen molar-refractivity contribution in [2.45, 2.75) is 18.9 Å². The van der Waals surface area contributed by atoms with E-state index < -0.39 is 10.5 Å². The van der Waals surface area contributed by atoms with Crippen molar-refractivity contribution in [3.05, 3.63) is 35.4 Å². The first kappa shape index (κ1) is 8.44. The number of fused-ring (bicyclic) bond motifs is 1. The molecule has 0 N–H and O–H groups in total. The lowest BCUT2D eigenvalue weighted by atomic mass is 10.1. The van der Waals surface area contributed by atoms with Gasteiger partial charge in [0.25, 0.3) is 0 Å². The van der Waals surface area contributed by atoms with Gasteiger partial charge in [0.1, 0.15) is 0 Å². The molecule has 0 radical (unpaired) electrons. The smallest absolute Gasteiger partial charge is 0.164 e. The zero-order valence-electron chi connectivity index (χ0n) is 6.97. The lowest BCUT2D eigenvalue weighted by Gasteiger charge is -2.00. The Morgan fingerprint density at radius 3 is 2.85 bits per heavy atom. The van der Waals surface area contributed by atoms with Crippen molar-refractivity contribution in [2.24, 2.45) is 4.36 Å². The van der Waals surface area contributed by atoms with Crippen LogP contribution < -0.4 is 0 Å². The topological polar surface area (TPSA) is 46.5 Å². The third-order valence-corrected chi connectivity index (χ3v) is 2.74. The van der Waals surface area contributed by atoms with Crippen molar-refractivity contribution in [2.75, 3.05) is 0 Å². The molecule has 0 aliphatic heterocycles. The maximum absolute atomic E-state index is 10.4. The first-order chi connectivity index (χ1) is 6.27. The Hall–Kier alpha value is -1.16. The van der Waals surface area contributed by atoms with E-state index in [0.717, 1.165) is 18.4 Å². The van der Waals surface area contributed by atoms with Gasteiger partial charge in [0.15, 0.2) is 0 Å². The van der Waals surface area contributed by atoms with Crippen LogP contribution in [-0.2, 0) is 16.9 Å². The minimum atomic E-state index is -2.29. The van der Waals surface area contributed by atoms with E-state index in [0.29, 0.717) is 0 Å². The normalized spacial score (nSPS) is 19.5. The number of hydrogen-bond donors (Lipinski definition) is 0. The maximum atomic E-state index is 10.4. The van der Waals surface area contributed by atoms with Gasteiger partial charge in [-0.2, -0.15) is 12.8 Å². The van der Waals surface area contributed by atoms with Crippen molar-refractivity contribution in [3.8, 4) is 0 Å². The van der Waals surface area contributed by atoms with E-state index in [9.17, 15) is 8.42 Å². The van der Waals surface area contributed by atoms with Crippen molar-refractivity contribution >= 4 is 10.5 Å². The third kappa shape index (κ3) is 1.62. The Labute approximate surface area is 78.1 Å². The average molecular weight is 195 g/mol. The van der Waals surface area contributed by atoms with E-state index in [1.807, 2.05) is 24.3 Å². The van der Waals surface area contributed by atoms with Crippen LogP contribution in [0.4, 0.5) is 0 Å². The molecule has 0 aromatic heterocycles. The van der Waals surface area contributed by atoms with Gasteiger partial charge >= 0.3 is 10.5 Å². The van der Waals surface area contributed by atoms with Crippen molar-refractivity contribution in [1.82, 2.24) is 0 Å². The van der Waals surface area contributed by atoms with E-state index in [4.69, 9.17) is 0 Å². The van der Waals surface area contributed by atoms with Crippen LogP contribution in [0.1, 0.15) is 23.6 Å². The molecule has 2 rings (SSSR count). The molecule has 1 aromatic carbocycles. The van der Waals surface area contributed by atoms with Gasteiger partial charge in [-0.25, -0.2) is 0 Å². The highest BCUT2D eigenvalue weighted by molar-refractivity contribution is 7.61. The Morgan fingerprint density at radius 1 is 1.31 bits per heavy atom. The predicted molar refractivity (Wildman–Crippen MR) is 48.9 cm³/mol. The standard InChI is InChI=1S/C9H9NO2S/c11-13(12)10-9-6-5-7-3-1-2-4-8(7)9/h1-4,9H,5-6H2. The van der Waals surface area contributed by atoms with Crippen molar-refractivity contribution in [3.63, 3.8) is 0 Å². The van der Waals surface area contributed by atoms with Gasteiger partial charge in [0, 0.05) is 0 Å². The molecule has 1 aromatic rings. The minimum absolute atomic E-state index is 0.144. The molecule has 1 atom stereocenters. The zero-order chi connectivity index (χ0) is 9.26. The summed E-state index contributed by atoms with van der Waals surface area (Å²) in [5.74, 6) is 0. The van der Waals surface area contributed by atoms with Crippen LogP contribution in [0.3, 0.4) is 0 Å². The monoisotopic (exact) mass is 195 g/mol. The summed E-state index contributed by atoms with van der Waals surface area (Å²) < 4.78 is 24.4. The molecular weight excluding hydrogens is 186 g/mol. The van der Waals surface area contributed by atoms with Gasteiger partial charge in [-0.3, -0.25) is 0 Å². The summed E-state index contributed by atoms with van der Waals surface area (Å²) in [7, 11) is -2.29. The van der Waals surface area contributed by atoms with E-state index in [1.54, 1.807) is 0 Å². The first-order valence-corrected chi connectivity index (χ1v) is 5.18. The molecule has 1 unspecified atom stereocenters. The minimum Gasteiger partial charge on any atom is -0.164 e. The van der Waals surface area contributed by atoms with Crippen LogP contribution in [0.25, 0.3) is 0 Å². The predicted octanol–water partition coefficient (Wildman–Crippen LogP) is 1.74. The molecule has 0 saturated carbocycles. The number of aryl methyl sites for hydroxylation is 1. The van der Waals surface area contributed by atoms with Gasteiger partial charge < -0.3 is 0 Å². The van der Waals surface area contributed by atoms with Crippen LogP contribution in [0.15, 0.2) is 28.6 Å². The fourth-order valence-electron chi connectivity index (χ4n) is 1.75. The van der Waals surface area contributed by atoms with Gasteiger partial charge in [-0.1, -0.05) is 24.3 Å². The van der Waals surface area contributed by atoms with Gasteiger partial charge in [0.2, 0.25) is 0 Å². The first-order valence-electron chi connectivity index (χ1n) is 4.15. The summed E-state index contributed by atoms with van der Waals surface area (Å²) >= 11 is 0. The molecule has 1 aliphatic rings.